The number of likely N-dealkylation sites (N-methyl/N-ethyl adjacent to an activating group) is 1. The van der Waals surface area contributed by atoms with Gasteiger partial charge in [0.2, 0.25) is 5.96 Å². The number of nitrogens with zero attached hydrogens (tertiary/aromatic N) is 5. The van der Waals surface area contributed by atoms with Crippen molar-refractivity contribution in [1.29, 1.82) is 0 Å². The molecule has 0 unspecified atom stereocenters. The Morgan fingerprint density at radius 1 is 1.21 bits per heavy atom. The van der Waals surface area contributed by atoms with E-state index in [1.54, 1.807) is 13.3 Å². The second kappa shape index (κ2) is 7.68. The van der Waals surface area contributed by atoms with Gasteiger partial charge in [0.15, 0.2) is 0 Å². The Hall–Kier alpha value is -3.41. The van der Waals surface area contributed by atoms with Gasteiger partial charge in [0, 0.05) is 32.0 Å². The molecular formula is C22H23N5O. The van der Waals surface area contributed by atoms with Gasteiger partial charge in [-0.3, -0.25) is 0 Å². The van der Waals surface area contributed by atoms with Crippen LogP contribution in [0.4, 0.5) is 0 Å². The van der Waals surface area contributed by atoms with Crippen molar-refractivity contribution in [2.24, 2.45) is 4.99 Å². The maximum Gasteiger partial charge on any atom is 0.206 e. The van der Waals surface area contributed by atoms with Gasteiger partial charge in [-0.1, -0.05) is 24.8 Å². The SMILES string of the molecule is C=C1C=C(c2ccncn2)N=C(N2CCC=C(c3cccc(OC)c3)C2)N1C. The Bertz CT molecular complexity index is 977. The maximum absolute atomic E-state index is 5.38. The number of ether oxygens (including phenoxy) is 1. The highest BCUT2D eigenvalue weighted by Crippen LogP contribution is 2.28. The van der Waals surface area contributed by atoms with Gasteiger partial charge < -0.3 is 14.5 Å². The molecule has 6 heteroatoms. The zero-order valence-corrected chi connectivity index (χ0v) is 16.2. The number of guanidine groups is 1. The van der Waals surface area contributed by atoms with Gasteiger partial charge in [-0.05, 0) is 41.8 Å². The number of allylic oxidation sites excluding steroid dienone is 1. The molecule has 0 radical (unpaired) electrons. The predicted octanol–water partition coefficient (Wildman–Crippen LogP) is 3.43. The van der Waals surface area contributed by atoms with Crippen LogP contribution in [-0.2, 0) is 0 Å². The summed E-state index contributed by atoms with van der Waals surface area (Å²) in [5.74, 6) is 1.75. The first kappa shape index (κ1) is 18.0. The molecule has 0 spiro atoms. The summed E-state index contributed by atoms with van der Waals surface area (Å²) in [7, 11) is 3.69. The average Bonchev–Trinajstić information content (AvgIpc) is 2.76. The molecule has 0 saturated carbocycles. The number of aromatic nitrogens is 2. The van der Waals surface area contributed by atoms with Crippen LogP contribution in [0.2, 0.25) is 0 Å². The summed E-state index contributed by atoms with van der Waals surface area (Å²) in [5.41, 5.74) is 4.93. The summed E-state index contributed by atoms with van der Waals surface area (Å²) in [4.78, 5) is 17.5. The molecule has 0 saturated heterocycles. The number of benzene rings is 1. The lowest BCUT2D eigenvalue weighted by Gasteiger charge is -2.37. The van der Waals surface area contributed by atoms with Gasteiger partial charge in [0.1, 0.15) is 12.1 Å². The van der Waals surface area contributed by atoms with Crippen molar-refractivity contribution in [2.45, 2.75) is 6.42 Å². The first-order valence-corrected chi connectivity index (χ1v) is 9.23. The van der Waals surface area contributed by atoms with Crippen molar-refractivity contribution in [1.82, 2.24) is 19.8 Å². The Kier molecular flexibility index (Phi) is 4.93. The second-order valence-corrected chi connectivity index (χ2v) is 6.76. The lowest BCUT2D eigenvalue weighted by atomic mass is 10.0. The molecule has 6 nitrogen and oxygen atoms in total. The molecular weight excluding hydrogens is 350 g/mol. The molecule has 0 amide bonds. The van der Waals surface area contributed by atoms with E-state index < -0.39 is 0 Å². The smallest absolute Gasteiger partial charge is 0.206 e. The Labute approximate surface area is 165 Å². The number of aliphatic imine (C=N–C) groups is 1. The molecule has 28 heavy (non-hydrogen) atoms. The summed E-state index contributed by atoms with van der Waals surface area (Å²) in [6, 6.07) is 10.0. The number of methoxy groups -OCH3 is 1. The number of hydrogen-bond donors (Lipinski definition) is 0. The fourth-order valence-electron chi connectivity index (χ4n) is 3.40. The minimum absolute atomic E-state index is 0.778. The monoisotopic (exact) mass is 373 g/mol. The van der Waals surface area contributed by atoms with Crippen LogP contribution < -0.4 is 4.74 Å². The molecule has 2 aliphatic rings. The van der Waals surface area contributed by atoms with Crippen LogP contribution in [0.25, 0.3) is 11.3 Å². The zero-order valence-electron chi connectivity index (χ0n) is 16.2. The van der Waals surface area contributed by atoms with Gasteiger partial charge in [-0.25, -0.2) is 15.0 Å². The van der Waals surface area contributed by atoms with Gasteiger partial charge in [-0.15, -0.1) is 0 Å². The molecule has 0 atom stereocenters. The molecule has 4 rings (SSSR count). The summed E-state index contributed by atoms with van der Waals surface area (Å²) in [6.45, 7) is 5.87. The van der Waals surface area contributed by atoms with Crippen molar-refractivity contribution in [3.05, 3.63) is 78.5 Å². The van der Waals surface area contributed by atoms with Crippen molar-refractivity contribution in [2.75, 3.05) is 27.2 Å². The fraction of sp³-hybridized carbons (Fsp3) is 0.227. The lowest BCUT2D eigenvalue weighted by Crippen LogP contribution is -2.45. The quantitative estimate of drug-likeness (QED) is 0.825. The van der Waals surface area contributed by atoms with Crippen LogP contribution in [0.5, 0.6) is 5.75 Å². The van der Waals surface area contributed by atoms with E-state index in [0.29, 0.717) is 0 Å². The van der Waals surface area contributed by atoms with Crippen molar-refractivity contribution in [3.63, 3.8) is 0 Å². The molecule has 2 aromatic rings. The normalized spacial score (nSPS) is 17.1. The average molecular weight is 373 g/mol. The predicted molar refractivity (Wildman–Crippen MR) is 112 cm³/mol. The molecule has 0 N–H and O–H groups in total. The summed E-state index contributed by atoms with van der Waals surface area (Å²) < 4.78 is 5.38. The highest BCUT2D eigenvalue weighted by Gasteiger charge is 2.25. The summed E-state index contributed by atoms with van der Waals surface area (Å²) >= 11 is 0. The second-order valence-electron chi connectivity index (χ2n) is 6.76. The van der Waals surface area contributed by atoms with E-state index in [2.05, 4.69) is 39.7 Å². The van der Waals surface area contributed by atoms with Gasteiger partial charge in [0.05, 0.1) is 18.5 Å². The standard InChI is InChI=1S/C22H23N5O/c1-16-12-21(20-9-10-23-15-24-20)25-22(26(16)2)27-11-5-7-18(14-27)17-6-4-8-19(13-17)28-3/h4,6-10,12-13,15H,1,5,11,14H2,2-3H3. The van der Waals surface area contributed by atoms with Gasteiger partial charge in [-0.2, -0.15) is 0 Å². The van der Waals surface area contributed by atoms with Gasteiger partial charge >= 0.3 is 0 Å². The van der Waals surface area contributed by atoms with E-state index in [1.165, 1.54) is 17.5 Å². The Balaban J connectivity index is 1.62. The summed E-state index contributed by atoms with van der Waals surface area (Å²) in [6.07, 6.45) is 8.47. The third-order valence-corrected chi connectivity index (χ3v) is 4.97. The number of hydrogen-bond acceptors (Lipinski definition) is 6. The van der Waals surface area contributed by atoms with Crippen LogP contribution in [0.15, 0.2) is 72.3 Å². The molecule has 1 aromatic carbocycles. The van der Waals surface area contributed by atoms with E-state index in [9.17, 15) is 0 Å². The van der Waals surface area contributed by atoms with Crippen molar-refractivity contribution in [3.8, 4) is 5.75 Å². The minimum atomic E-state index is 0.778. The lowest BCUT2D eigenvalue weighted by molar-refractivity contribution is 0.401. The Morgan fingerprint density at radius 2 is 2.11 bits per heavy atom. The van der Waals surface area contributed by atoms with Crippen LogP contribution in [0.3, 0.4) is 0 Å². The first-order valence-electron chi connectivity index (χ1n) is 9.23. The van der Waals surface area contributed by atoms with E-state index >= 15 is 0 Å². The van der Waals surface area contributed by atoms with Crippen LogP contribution in [0, 0.1) is 0 Å². The topological polar surface area (TPSA) is 53.9 Å². The highest BCUT2D eigenvalue weighted by molar-refractivity contribution is 5.92. The third kappa shape index (κ3) is 3.53. The van der Waals surface area contributed by atoms with Crippen molar-refractivity contribution < 1.29 is 4.74 Å². The van der Waals surface area contributed by atoms with E-state index in [1.807, 2.05) is 36.2 Å². The van der Waals surface area contributed by atoms with Crippen LogP contribution in [-0.4, -0.2) is 53.0 Å². The van der Waals surface area contributed by atoms with E-state index in [-0.39, 0.29) is 0 Å². The van der Waals surface area contributed by atoms with Crippen LogP contribution in [0.1, 0.15) is 17.7 Å². The fourth-order valence-corrected chi connectivity index (χ4v) is 3.40. The molecule has 2 aliphatic heterocycles. The van der Waals surface area contributed by atoms with Crippen molar-refractivity contribution >= 4 is 17.2 Å². The van der Waals surface area contributed by atoms with Crippen LogP contribution >= 0.6 is 0 Å². The maximum atomic E-state index is 5.38. The minimum Gasteiger partial charge on any atom is -0.497 e. The largest absolute Gasteiger partial charge is 0.497 e. The number of rotatable bonds is 3. The molecule has 142 valence electrons. The van der Waals surface area contributed by atoms with E-state index in [4.69, 9.17) is 9.73 Å². The Morgan fingerprint density at radius 3 is 2.89 bits per heavy atom. The summed E-state index contributed by atoms with van der Waals surface area (Å²) in [5, 5.41) is 0. The zero-order chi connectivity index (χ0) is 19.5. The molecule has 1 aromatic heterocycles. The van der Waals surface area contributed by atoms with Gasteiger partial charge in [0.25, 0.3) is 0 Å². The molecule has 0 bridgehead atoms. The van der Waals surface area contributed by atoms with E-state index in [0.717, 1.165) is 48.3 Å². The molecule has 0 fully saturated rings. The highest BCUT2D eigenvalue weighted by atomic mass is 16.5. The molecule has 3 heterocycles. The third-order valence-electron chi connectivity index (χ3n) is 4.97. The first-order chi connectivity index (χ1) is 13.7. The molecule has 0 aliphatic carbocycles.